The molecule has 1 fully saturated rings. The minimum atomic E-state index is -0.391. The van der Waals surface area contributed by atoms with Crippen LogP contribution < -0.4 is 10.1 Å². The lowest BCUT2D eigenvalue weighted by molar-refractivity contribution is -0.123. The van der Waals surface area contributed by atoms with Crippen LogP contribution in [0.25, 0.3) is 15.9 Å². The molecular weight excluding hydrogens is 527 g/mol. The lowest BCUT2D eigenvalue weighted by atomic mass is 9.98. The molecule has 5 aromatic rings. The number of nitrogens with zero attached hydrogens (tertiary/aromatic N) is 5. The van der Waals surface area contributed by atoms with E-state index >= 15 is 0 Å². The van der Waals surface area contributed by atoms with E-state index in [1.54, 1.807) is 28.8 Å². The number of nitrogens with one attached hydrogen (secondary N) is 1. The zero-order valence-electron chi connectivity index (χ0n) is 20.2. The first-order chi connectivity index (χ1) is 18.6. The zero-order chi connectivity index (χ0) is 25.9. The summed E-state index contributed by atoms with van der Waals surface area (Å²) in [4.78, 5) is 17.8. The molecule has 0 bridgehead atoms. The Kier molecular flexibility index (Phi) is 7.16. The Bertz CT molecular complexity index is 1600. The number of rotatable bonds is 8. The largest absolute Gasteiger partial charge is 0.437 e. The van der Waals surface area contributed by atoms with Gasteiger partial charge in [0.1, 0.15) is 18.2 Å². The first-order valence-corrected chi connectivity index (χ1v) is 13.9. The summed E-state index contributed by atoms with van der Waals surface area (Å²) in [6.07, 6.45) is 5.79. The first kappa shape index (κ1) is 24.7. The highest BCUT2D eigenvalue weighted by atomic mass is 32.2. The highest BCUT2D eigenvalue weighted by Crippen LogP contribution is 2.33. The number of halogens is 1. The summed E-state index contributed by atoms with van der Waals surface area (Å²) in [6.45, 7) is 0.0412. The molecule has 12 heteroatoms. The normalized spacial score (nSPS) is 14.2. The molecule has 3 heterocycles. The van der Waals surface area contributed by atoms with Gasteiger partial charge in [-0.3, -0.25) is 10.1 Å². The van der Waals surface area contributed by atoms with E-state index in [2.05, 4.69) is 25.6 Å². The molecule has 2 aromatic carbocycles. The molecule has 0 saturated heterocycles. The number of carbonyl (C=O) groups is 1. The third-order valence-corrected chi connectivity index (χ3v) is 7.91. The zero-order valence-corrected chi connectivity index (χ0v) is 21.8. The predicted molar refractivity (Wildman–Crippen MR) is 142 cm³/mol. The fraction of sp³-hybridized carbons (Fsp3) is 0.269. The number of thiazole rings is 1. The van der Waals surface area contributed by atoms with Gasteiger partial charge in [0.05, 0.1) is 16.3 Å². The van der Waals surface area contributed by atoms with Crippen molar-refractivity contribution in [2.75, 3.05) is 11.9 Å². The summed E-state index contributed by atoms with van der Waals surface area (Å²) in [7, 11) is 0. The molecule has 1 saturated carbocycles. The maximum Gasteiger partial charge on any atom is 0.252 e. The van der Waals surface area contributed by atoms with Gasteiger partial charge in [0.15, 0.2) is 10.8 Å². The number of fused-ring (bicyclic) bond motifs is 2. The van der Waals surface area contributed by atoms with Gasteiger partial charge in [0.2, 0.25) is 11.0 Å². The topological polar surface area (TPSA) is 104 Å². The van der Waals surface area contributed by atoms with Gasteiger partial charge in [-0.15, -0.1) is 15.3 Å². The second-order valence-corrected chi connectivity index (χ2v) is 10.9. The molecular formula is C26H23FN6O3S2. The molecule has 194 valence electrons. The molecule has 9 nitrogen and oxygen atoms in total. The van der Waals surface area contributed by atoms with E-state index in [4.69, 9.17) is 9.47 Å². The number of benzene rings is 2. The summed E-state index contributed by atoms with van der Waals surface area (Å²) >= 11 is 2.79. The van der Waals surface area contributed by atoms with Crippen molar-refractivity contribution in [3.05, 3.63) is 60.4 Å². The molecule has 6 rings (SSSR count). The lowest BCUT2D eigenvalue weighted by Gasteiger charge is -2.21. The van der Waals surface area contributed by atoms with Gasteiger partial charge < -0.3 is 9.47 Å². The molecule has 1 amide bonds. The second-order valence-electron chi connectivity index (χ2n) is 8.85. The van der Waals surface area contributed by atoms with E-state index in [1.165, 1.54) is 41.7 Å². The van der Waals surface area contributed by atoms with Crippen LogP contribution in [-0.2, 0) is 9.53 Å². The van der Waals surface area contributed by atoms with E-state index in [0.29, 0.717) is 21.7 Å². The van der Waals surface area contributed by atoms with Crippen LogP contribution in [0.3, 0.4) is 0 Å². The number of amides is 1. The van der Waals surface area contributed by atoms with Crippen LogP contribution in [0.2, 0.25) is 0 Å². The average molecular weight is 551 g/mol. The van der Waals surface area contributed by atoms with Crippen molar-refractivity contribution in [3.8, 4) is 11.6 Å². The van der Waals surface area contributed by atoms with Gasteiger partial charge in [-0.2, -0.15) is 4.52 Å². The summed E-state index contributed by atoms with van der Waals surface area (Å²) in [6, 6.07) is 15.1. The number of carbonyl (C=O) groups excluding carboxylic acids is 1. The molecule has 1 aliphatic carbocycles. The van der Waals surface area contributed by atoms with Crippen molar-refractivity contribution in [2.45, 2.75) is 48.3 Å². The molecule has 0 radical (unpaired) electrons. The molecule has 0 aliphatic heterocycles. The van der Waals surface area contributed by atoms with Crippen molar-refractivity contribution < 1.29 is 18.7 Å². The highest BCUT2D eigenvalue weighted by molar-refractivity contribution is 7.99. The molecule has 38 heavy (non-hydrogen) atoms. The fourth-order valence-corrected chi connectivity index (χ4v) is 6.05. The van der Waals surface area contributed by atoms with Crippen molar-refractivity contribution in [1.29, 1.82) is 0 Å². The van der Waals surface area contributed by atoms with Crippen LogP contribution in [0.5, 0.6) is 11.6 Å². The van der Waals surface area contributed by atoms with Crippen LogP contribution in [-0.4, -0.2) is 43.4 Å². The second kappa shape index (κ2) is 11.0. The van der Waals surface area contributed by atoms with Crippen LogP contribution in [0.1, 0.15) is 32.1 Å². The predicted octanol–water partition coefficient (Wildman–Crippen LogP) is 6.10. The van der Waals surface area contributed by atoms with Gasteiger partial charge in [-0.1, -0.05) is 36.7 Å². The third kappa shape index (κ3) is 5.77. The van der Waals surface area contributed by atoms with E-state index in [0.717, 1.165) is 40.8 Å². The van der Waals surface area contributed by atoms with Gasteiger partial charge in [-0.05, 0) is 61.0 Å². The number of ether oxygens (including phenoxy) is 2. The van der Waals surface area contributed by atoms with Gasteiger partial charge in [0.25, 0.3) is 5.91 Å². The Hall–Kier alpha value is -3.61. The third-order valence-electron chi connectivity index (χ3n) is 6.05. The van der Waals surface area contributed by atoms with Crippen molar-refractivity contribution >= 4 is 50.0 Å². The van der Waals surface area contributed by atoms with Gasteiger partial charge in [-0.25, -0.2) is 9.37 Å². The molecule has 0 unspecified atom stereocenters. The van der Waals surface area contributed by atoms with E-state index in [1.807, 2.05) is 18.2 Å². The maximum absolute atomic E-state index is 13.5. The lowest BCUT2D eigenvalue weighted by Crippen LogP contribution is -2.24. The van der Waals surface area contributed by atoms with Crippen LogP contribution in [0, 0.1) is 5.82 Å². The molecule has 1 N–H and O–H groups in total. The minimum Gasteiger partial charge on any atom is -0.437 e. The van der Waals surface area contributed by atoms with Crippen molar-refractivity contribution in [3.63, 3.8) is 0 Å². The van der Waals surface area contributed by atoms with Crippen molar-refractivity contribution in [2.24, 2.45) is 0 Å². The molecule has 1 aliphatic rings. The minimum absolute atomic E-state index is 0.0412. The Morgan fingerprint density at radius 3 is 2.87 bits per heavy atom. The maximum atomic E-state index is 13.5. The van der Waals surface area contributed by atoms with E-state index < -0.39 is 5.82 Å². The van der Waals surface area contributed by atoms with Crippen LogP contribution in [0.15, 0.2) is 64.6 Å². The molecule has 3 aromatic heterocycles. The SMILES string of the molecule is O=C(COC1CCCCC1)Nc1nc2ccc(Sc3nnc4ccc(Oc5cccc(F)c5)nn34)cc2s1. The molecule has 0 atom stereocenters. The number of aromatic nitrogens is 5. The van der Waals surface area contributed by atoms with Gasteiger partial charge in [0, 0.05) is 17.0 Å². The Morgan fingerprint density at radius 2 is 2.00 bits per heavy atom. The Balaban J connectivity index is 1.14. The Morgan fingerprint density at radius 1 is 1.11 bits per heavy atom. The summed E-state index contributed by atoms with van der Waals surface area (Å²) in [5.74, 6) is 0.0494. The van der Waals surface area contributed by atoms with E-state index in [-0.39, 0.29) is 24.5 Å². The average Bonchev–Trinajstić information content (AvgIpc) is 3.51. The number of hydrogen-bond acceptors (Lipinski definition) is 9. The fourth-order valence-electron chi connectivity index (χ4n) is 4.23. The Labute approximate surface area is 225 Å². The van der Waals surface area contributed by atoms with Crippen LogP contribution >= 0.6 is 23.1 Å². The number of anilines is 1. The van der Waals surface area contributed by atoms with E-state index in [9.17, 15) is 9.18 Å². The van der Waals surface area contributed by atoms with Gasteiger partial charge >= 0.3 is 0 Å². The van der Waals surface area contributed by atoms with Crippen LogP contribution in [0.4, 0.5) is 9.52 Å². The molecule has 0 spiro atoms. The summed E-state index contributed by atoms with van der Waals surface area (Å²) in [5.41, 5.74) is 1.34. The number of hydrogen-bond donors (Lipinski definition) is 1. The monoisotopic (exact) mass is 550 g/mol. The summed E-state index contributed by atoms with van der Waals surface area (Å²) in [5, 5.41) is 16.8. The first-order valence-electron chi connectivity index (χ1n) is 12.2. The summed E-state index contributed by atoms with van der Waals surface area (Å²) < 4.78 is 27.5. The standard InChI is InChI=1S/C26H23FN6O3S2/c27-16-5-4-8-18(13-16)36-24-12-11-22-30-31-26(33(22)32-24)37-19-9-10-20-21(14-19)38-25(28-20)29-23(34)15-35-17-6-2-1-3-7-17/h4-5,8-14,17H,1-3,6-7,15H2,(H,28,29,34). The van der Waals surface area contributed by atoms with Crippen molar-refractivity contribution in [1.82, 2.24) is 24.8 Å². The quantitative estimate of drug-likeness (QED) is 0.247. The highest BCUT2D eigenvalue weighted by Gasteiger charge is 2.17. The smallest absolute Gasteiger partial charge is 0.252 e.